The van der Waals surface area contributed by atoms with Crippen molar-refractivity contribution in [3.05, 3.63) is 60.8 Å². The standard InChI is InChI=1S/C58H102O6/c1-4-7-10-13-16-19-22-24-26-28-30-31-33-36-39-42-45-48-51-57(60)63-54-55(53-62-56(59)50-47-44-41-38-35-21-18-15-12-9-6-3)64-58(61)52-49-46-43-40-37-34-32-29-27-25-23-20-17-14-11-8-5-2/h8,11,17,20,25,27,32,34,40,43,55H,4-7,9-10,12-16,18-19,21-24,26,28-31,33,35-39,41-42,44-54H2,1-3H3/b11-8-,20-17-,27-25-,34-32-,43-40-. The Morgan fingerprint density at radius 1 is 0.328 bits per heavy atom. The molecule has 0 aromatic carbocycles. The second-order valence-electron chi connectivity index (χ2n) is 18.1. The molecular formula is C58H102O6. The normalized spacial score (nSPS) is 12.5. The molecule has 0 bridgehead atoms. The predicted octanol–water partition coefficient (Wildman–Crippen LogP) is 18.0. The molecule has 0 saturated carbocycles. The fraction of sp³-hybridized carbons (Fsp3) is 0.776. The van der Waals surface area contributed by atoms with Crippen molar-refractivity contribution in [1.29, 1.82) is 0 Å². The summed E-state index contributed by atoms with van der Waals surface area (Å²) in [6.07, 6.45) is 65.0. The molecule has 64 heavy (non-hydrogen) atoms. The van der Waals surface area contributed by atoms with Gasteiger partial charge in [0.05, 0.1) is 0 Å². The van der Waals surface area contributed by atoms with Gasteiger partial charge in [-0.2, -0.15) is 0 Å². The number of esters is 3. The Morgan fingerprint density at radius 3 is 0.938 bits per heavy atom. The minimum absolute atomic E-state index is 0.0931. The number of unbranched alkanes of at least 4 members (excludes halogenated alkanes) is 28. The summed E-state index contributed by atoms with van der Waals surface area (Å²) in [5.74, 6) is -0.943. The molecule has 0 amide bonds. The van der Waals surface area contributed by atoms with Gasteiger partial charge in [0.1, 0.15) is 13.2 Å². The van der Waals surface area contributed by atoms with Crippen molar-refractivity contribution in [2.45, 2.75) is 277 Å². The summed E-state index contributed by atoms with van der Waals surface area (Å²) < 4.78 is 16.8. The van der Waals surface area contributed by atoms with E-state index in [1.165, 1.54) is 148 Å². The molecule has 0 saturated heterocycles. The van der Waals surface area contributed by atoms with E-state index in [1.807, 2.05) is 0 Å². The molecule has 6 nitrogen and oxygen atoms in total. The molecule has 0 fully saturated rings. The molecule has 0 spiro atoms. The van der Waals surface area contributed by atoms with Gasteiger partial charge in [-0.05, 0) is 57.8 Å². The first-order valence-corrected chi connectivity index (χ1v) is 27.3. The van der Waals surface area contributed by atoms with Gasteiger partial charge in [0, 0.05) is 19.3 Å². The molecule has 0 aliphatic carbocycles. The Morgan fingerprint density at radius 2 is 0.609 bits per heavy atom. The van der Waals surface area contributed by atoms with Gasteiger partial charge in [-0.25, -0.2) is 0 Å². The van der Waals surface area contributed by atoms with Gasteiger partial charge in [-0.15, -0.1) is 0 Å². The van der Waals surface area contributed by atoms with E-state index in [1.54, 1.807) is 0 Å². The van der Waals surface area contributed by atoms with Crippen molar-refractivity contribution in [2.75, 3.05) is 13.2 Å². The first kappa shape index (κ1) is 61.1. The van der Waals surface area contributed by atoms with Crippen molar-refractivity contribution in [3.8, 4) is 0 Å². The number of carbonyl (C=O) groups is 3. The van der Waals surface area contributed by atoms with E-state index in [4.69, 9.17) is 14.2 Å². The molecule has 370 valence electrons. The molecule has 0 radical (unpaired) electrons. The average Bonchev–Trinajstić information content (AvgIpc) is 3.29. The number of hydrogen-bond donors (Lipinski definition) is 0. The quantitative estimate of drug-likeness (QED) is 0.0262. The number of rotatable bonds is 49. The topological polar surface area (TPSA) is 78.9 Å². The maximum atomic E-state index is 12.8. The van der Waals surface area contributed by atoms with Gasteiger partial charge < -0.3 is 14.2 Å². The van der Waals surface area contributed by atoms with Crippen LogP contribution >= 0.6 is 0 Å². The highest BCUT2D eigenvalue weighted by Crippen LogP contribution is 2.16. The van der Waals surface area contributed by atoms with Crippen molar-refractivity contribution >= 4 is 17.9 Å². The molecule has 1 unspecified atom stereocenters. The van der Waals surface area contributed by atoms with Crippen molar-refractivity contribution in [1.82, 2.24) is 0 Å². The van der Waals surface area contributed by atoms with Gasteiger partial charge in [0.25, 0.3) is 0 Å². The smallest absolute Gasteiger partial charge is 0.306 e. The molecule has 0 aromatic heterocycles. The Labute approximate surface area is 396 Å². The zero-order valence-corrected chi connectivity index (χ0v) is 42.3. The fourth-order valence-corrected chi connectivity index (χ4v) is 7.71. The Bertz CT molecular complexity index is 1170. The van der Waals surface area contributed by atoms with E-state index in [2.05, 4.69) is 81.5 Å². The van der Waals surface area contributed by atoms with E-state index in [0.29, 0.717) is 19.3 Å². The highest BCUT2D eigenvalue weighted by Gasteiger charge is 2.19. The fourth-order valence-electron chi connectivity index (χ4n) is 7.71. The average molecular weight is 895 g/mol. The molecular weight excluding hydrogens is 793 g/mol. The predicted molar refractivity (Wildman–Crippen MR) is 275 cm³/mol. The van der Waals surface area contributed by atoms with Gasteiger partial charge >= 0.3 is 17.9 Å². The summed E-state index contributed by atoms with van der Waals surface area (Å²) in [5.41, 5.74) is 0. The molecule has 6 heteroatoms. The number of allylic oxidation sites excluding steroid dienone is 10. The second-order valence-corrected chi connectivity index (χ2v) is 18.1. The third kappa shape index (κ3) is 50.1. The van der Waals surface area contributed by atoms with E-state index in [0.717, 1.165) is 77.0 Å². The summed E-state index contributed by atoms with van der Waals surface area (Å²) in [5, 5.41) is 0. The summed E-state index contributed by atoms with van der Waals surface area (Å²) in [6, 6.07) is 0. The highest BCUT2D eigenvalue weighted by molar-refractivity contribution is 5.71. The minimum Gasteiger partial charge on any atom is -0.462 e. The zero-order valence-electron chi connectivity index (χ0n) is 42.3. The number of carbonyl (C=O) groups excluding carboxylic acids is 3. The van der Waals surface area contributed by atoms with Gasteiger partial charge in [0.15, 0.2) is 6.10 Å². The van der Waals surface area contributed by atoms with Crippen LogP contribution in [0.15, 0.2) is 60.8 Å². The summed E-state index contributed by atoms with van der Waals surface area (Å²) >= 11 is 0. The van der Waals surface area contributed by atoms with Crippen LogP contribution in [-0.2, 0) is 28.6 Å². The monoisotopic (exact) mass is 895 g/mol. The molecule has 0 aromatic rings. The summed E-state index contributed by atoms with van der Waals surface area (Å²) in [6.45, 7) is 6.49. The Kier molecular flexibility index (Phi) is 50.4. The van der Waals surface area contributed by atoms with Gasteiger partial charge in [-0.3, -0.25) is 14.4 Å². The highest BCUT2D eigenvalue weighted by atomic mass is 16.6. The second kappa shape index (κ2) is 52.7. The van der Waals surface area contributed by atoms with E-state index in [-0.39, 0.29) is 37.5 Å². The lowest BCUT2D eigenvalue weighted by molar-refractivity contribution is -0.167. The molecule has 0 rings (SSSR count). The maximum Gasteiger partial charge on any atom is 0.306 e. The Balaban J connectivity index is 4.40. The van der Waals surface area contributed by atoms with Crippen LogP contribution in [0.3, 0.4) is 0 Å². The van der Waals surface area contributed by atoms with Crippen LogP contribution < -0.4 is 0 Å². The van der Waals surface area contributed by atoms with Gasteiger partial charge in [0.2, 0.25) is 0 Å². The maximum absolute atomic E-state index is 12.8. The van der Waals surface area contributed by atoms with Crippen LogP contribution in [0.5, 0.6) is 0 Å². The molecule has 0 aliphatic rings. The number of hydrogen-bond acceptors (Lipinski definition) is 6. The van der Waals surface area contributed by atoms with Crippen molar-refractivity contribution < 1.29 is 28.6 Å². The molecule has 0 aliphatic heterocycles. The van der Waals surface area contributed by atoms with Crippen LogP contribution in [0, 0.1) is 0 Å². The lowest BCUT2D eigenvalue weighted by Gasteiger charge is -2.18. The lowest BCUT2D eigenvalue weighted by Crippen LogP contribution is -2.30. The Hall–Kier alpha value is -2.89. The molecule has 1 atom stereocenters. The molecule has 0 N–H and O–H groups in total. The van der Waals surface area contributed by atoms with Crippen LogP contribution in [-0.4, -0.2) is 37.2 Å². The minimum atomic E-state index is -0.799. The van der Waals surface area contributed by atoms with Crippen LogP contribution in [0.1, 0.15) is 271 Å². The third-order valence-corrected chi connectivity index (χ3v) is 11.8. The number of ether oxygens (including phenoxy) is 3. The zero-order chi connectivity index (χ0) is 46.5. The van der Waals surface area contributed by atoms with Gasteiger partial charge in [-0.1, -0.05) is 255 Å². The van der Waals surface area contributed by atoms with E-state index in [9.17, 15) is 14.4 Å². The SMILES string of the molecule is CC/C=C\C/C=C\C/C=C\C/C=C\C/C=C\CCCC(=O)OC(COC(=O)CCCCCCCCCCCCC)COC(=O)CCCCCCCCCCCCCCCCCCCC. The lowest BCUT2D eigenvalue weighted by atomic mass is 10.0. The van der Waals surface area contributed by atoms with E-state index >= 15 is 0 Å². The largest absolute Gasteiger partial charge is 0.462 e. The first-order chi connectivity index (χ1) is 31.5. The first-order valence-electron chi connectivity index (χ1n) is 27.3. The third-order valence-electron chi connectivity index (χ3n) is 11.8. The van der Waals surface area contributed by atoms with Crippen LogP contribution in [0.4, 0.5) is 0 Å². The van der Waals surface area contributed by atoms with E-state index < -0.39 is 6.10 Å². The molecule has 0 heterocycles. The summed E-state index contributed by atoms with van der Waals surface area (Å²) in [7, 11) is 0. The van der Waals surface area contributed by atoms with Crippen LogP contribution in [0.25, 0.3) is 0 Å². The van der Waals surface area contributed by atoms with Crippen molar-refractivity contribution in [3.63, 3.8) is 0 Å². The van der Waals surface area contributed by atoms with Crippen molar-refractivity contribution in [2.24, 2.45) is 0 Å². The summed E-state index contributed by atoms with van der Waals surface area (Å²) in [4.78, 5) is 38.0. The van der Waals surface area contributed by atoms with Crippen LogP contribution in [0.2, 0.25) is 0 Å².